The quantitative estimate of drug-likeness (QED) is 0.725. The number of nitrogens with zero attached hydrogens (tertiary/aromatic N) is 1. The fourth-order valence-electron chi connectivity index (χ4n) is 1.01. The van der Waals surface area contributed by atoms with E-state index in [2.05, 4.69) is 0 Å². The normalized spacial score (nSPS) is 12.2. The summed E-state index contributed by atoms with van der Waals surface area (Å²) in [6, 6.07) is 0. The third-order valence-corrected chi connectivity index (χ3v) is 2.90. The van der Waals surface area contributed by atoms with Gasteiger partial charge in [0.15, 0.2) is 0 Å². The molecule has 1 unspecified atom stereocenters. The predicted octanol–water partition coefficient (Wildman–Crippen LogP) is 1.06. The molecule has 0 aromatic carbocycles. The Labute approximate surface area is 88.7 Å². The van der Waals surface area contributed by atoms with Gasteiger partial charge < -0.3 is 10.0 Å². The van der Waals surface area contributed by atoms with Crippen molar-refractivity contribution in [2.24, 2.45) is 0 Å². The summed E-state index contributed by atoms with van der Waals surface area (Å²) in [5, 5.41) is 8.40. The molecule has 0 heterocycles. The highest BCUT2D eigenvalue weighted by Gasteiger charge is 2.18. The Hall–Kier alpha value is -0.710. The third-order valence-electron chi connectivity index (χ3n) is 1.99. The van der Waals surface area contributed by atoms with Crippen LogP contribution in [0.15, 0.2) is 0 Å². The largest absolute Gasteiger partial charge is 0.481 e. The average Bonchev–Trinajstić information content (AvgIpc) is 2.16. The first kappa shape index (κ1) is 13.3. The molecule has 1 N–H and O–H groups in total. The van der Waals surface area contributed by atoms with Crippen LogP contribution in [0.3, 0.4) is 0 Å². The van der Waals surface area contributed by atoms with Gasteiger partial charge in [0.05, 0.1) is 11.7 Å². The molecule has 0 aromatic rings. The smallest absolute Gasteiger partial charge is 0.305 e. The molecule has 0 aliphatic rings. The van der Waals surface area contributed by atoms with E-state index in [1.165, 1.54) is 11.8 Å². The van der Waals surface area contributed by atoms with Crippen LogP contribution >= 0.6 is 11.8 Å². The molecule has 5 heteroatoms. The monoisotopic (exact) mass is 219 g/mol. The Bertz CT molecular complexity index is 208. The maximum atomic E-state index is 11.6. The van der Waals surface area contributed by atoms with Crippen molar-refractivity contribution < 1.29 is 14.7 Å². The van der Waals surface area contributed by atoms with E-state index in [1.807, 2.05) is 20.1 Å². The Morgan fingerprint density at radius 3 is 2.43 bits per heavy atom. The number of amides is 1. The first-order valence-electron chi connectivity index (χ1n) is 4.56. The number of hydrogen-bond donors (Lipinski definition) is 1. The number of thioether (sulfide) groups is 1. The summed E-state index contributed by atoms with van der Waals surface area (Å²) >= 11 is 1.47. The Morgan fingerprint density at radius 1 is 1.50 bits per heavy atom. The lowest BCUT2D eigenvalue weighted by atomic mass is 10.3. The van der Waals surface area contributed by atoms with Crippen LogP contribution < -0.4 is 0 Å². The lowest BCUT2D eigenvalue weighted by molar-refractivity contribution is -0.138. The zero-order valence-corrected chi connectivity index (χ0v) is 9.63. The van der Waals surface area contributed by atoms with Crippen LogP contribution in [0.1, 0.15) is 20.3 Å². The Morgan fingerprint density at radius 2 is 2.07 bits per heavy atom. The second-order valence-electron chi connectivity index (χ2n) is 2.94. The fourth-order valence-corrected chi connectivity index (χ4v) is 1.36. The van der Waals surface area contributed by atoms with Crippen LogP contribution in [0.2, 0.25) is 0 Å². The third kappa shape index (κ3) is 4.50. The maximum Gasteiger partial charge on any atom is 0.305 e. The van der Waals surface area contributed by atoms with Gasteiger partial charge in [-0.1, -0.05) is 0 Å². The maximum absolute atomic E-state index is 11.6. The molecule has 0 aliphatic carbocycles. The molecule has 0 aliphatic heterocycles. The molecular weight excluding hydrogens is 202 g/mol. The summed E-state index contributed by atoms with van der Waals surface area (Å²) in [6.07, 6.45) is 1.88. The predicted molar refractivity (Wildman–Crippen MR) is 57.5 cm³/mol. The van der Waals surface area contributed by atoms with Gasteiger partial charge in [0.1, 0.15) is 0 Å². The van der Waals surface area contributed by atoms with E-state index >= 15 is 0 Å². The van der Waals surface area contributed by atoms with Gasteiger partial charge in [0.25, 0.3) is 0 Å². The van der Waals surface area contributed by atoms with Crippen molar-refractivity contribution in [3.05, 3.63) is 0 Å². The summed E-state index contributed by atoms with van der Waals surface area (Å²) in [5.74, 6) is -0.852. The van der Waals surface area contributed by atoms with Crippen molar-refractivity contribution in [2.45, 2.75) is 25.5 Å². The van der Waals surface area contributed by atoms with Crippen LogP contribution in [-0.4, -0.2) is 46.5 Å². The highest BCUT2D eigenvalue weighted by Crippen LogP contribution is 2.09. The summed E-state index contributed by atoms with van der Waals surface area (Å²) in [5.41, 5.74) is 0. The van der Waals surface area contributed by atoms with E-state index in [4.69, 9.17) is 5.11 Å². The minimum Gasteiger partial charge on any atom is -0.481 e. The topological polar surface area (TPSA) is 57.6 Å². The molecule has 1 atom stereocenters. The Balaban J connectivity index is 4.12. The van der Waals surface area contributed by atoms with Gasteiger partial charge in [-0.25, -0.2) is 0 Å². The molecule has 0 fully saturated rings. The molecule has 0 spiro atoms. The lowest BCUT2D eigenvalue weighted by Crippen LogP contribution is -2.37. The minimum atomic E-state index is -0.868. The van der Waals surface area contributed by atoms with Crippen molar-refractivity contribution in [3.63, 3.8) is 0 Å². The van der Waals surface area contributed by atoms with Gasteiger partial charge in [-0.3, -0.25) is 9.59 Å². The minimum absolute atomic E-state index is 0.0146. The molecule has 0 rings (SSSR count). The van der Waals surface area contributed by atoms with Crippen molar-refractivity contribution in [2.75, 3.05) is 19.3 Å². The molecular formula is C9H17NO3S. The SMILES string of the molecule is CCN(CCC(=O)O)C(=O)C(C)SC. The van der Waals surface area contributed by atoms with Gasteiger partial charge in [-0.15, -0.1) is 0 Å². The first-order chi connectivity index (χ1) is 6.52. The molecule has 0 saturated carbocycles. The van der Waals surface area contributed by atoms with E-state index in [0.717, 1.165) is 0 Å². The highest BCUT2D eigenvalue weighted by atomic mass is 32.2. The zero-order chi connectivity index (χ0) is 11.1. The molecule has 0 bridgehead atoms. The molecule has 14 heavy (non-hydrogen) atoms. The van der Waals surface area contributed by atoms with Crippen LogP contribution in [0, 0.1) is 0 Å². The number of carboxylic acids is 1. The highest BCUT2D eigenvalue weighted by molar-refractivity contribution is 7.99. The number of aliphatic carboxylic acids is 1. The van der Waals surface area contributed by atoms with Crippen molar-refractivity contribution in [3.8, 4) is 0 Å². The molecule has 1 amide bonds. The van der Waals surface area contributed by atoms with Crippen molar-refractivity contribution >= 4 is 23.6 Å². The molecule has 0 saturated heterocycles. The number of carbonyl (C=O) groups is 2. The van der Waals surface area contributed by atoms with Gasteiger partial charge in [0, 0.05) is 13.1 Å². The standard InChI is InChI=1S/C9H17NO3S/c1-4-10(6-5-8(11)12)9(13)7(2)14-3/h7H,4-6H2,1-3H3,(H,11,12). The van der Waals surface area contributed by atoms with E-state index < -0.39 is 5.97 Å². The van der Waals surface area contributed by atoms with Crippen LogP contribution in [-0.2, 0) is 9.59 Å². The van der Waals surface area contributed by atoms with E-state index in [0.29, 0.717) is 13.1 Å². The first-order valence-corrected chi connectivity index (χ1v) is 5.85. The van der Waals surface area contributed by atoms with Crippen LogP contribution in [0.4, 0.5) is 0 Å². The molecule has 82 valence electrons. The number of hydrogen-bond acceptors (Lipinski definition) is 3. The van der Waals surface area contributed by atoms with Crippen molar-refractivity contribution in [1.82, 2.24) is 4.90 Å². The van der Waals surface area contributed by atoms with Crippen molar-refractivity contribution in [1.29, 1.82) is 0 Å². The average molecular weight is 219 g/mol. The molecule has 0 aromatic heterocycles. The second kappa shape index (κ2) is 6.70. The van der Waals surface area contributed by atoms with Crippen LogP contribution in [0.25, 0.3) is 0 Å². The summed E-state index contributed by atoms with van der Waals surface area (Å²) < 4.78 is 0. The Kier molecular flexibility index (Phi) is 6.36. The number of rotatable bonds is 6. The van der Waals surface area contributed by atoms with E-state index in [-0.39, 0.29) is 17.6 Å². The van der Waals surface area contributed by atoms with Crippen LogP contribution in [0.5, 0.6) is 0 Å². The fraction of sp³-hybridized carbons (Fsp3) is 0.778. The lowest BCUT2D eigenvalue weighted by Gasteiger charge is -2.22. The van der Waals surface area contributed by atoms with Gasteiger partial charge >= 0.3 is 5.97 Å². The van der Waals surface area contributed by atoms with Gasteiger partial charge in [-0.2, -0.15) is 11.8 Å². The molecule has 0 radical (unpaired) electrons. The second-order valence-corrected chi connectivity index (χ2v) is 4.12. The van der Waals surface area contributed by atoms with E-state index in [9.17, 15) is 9.59 Å². The van der Waals surface area contributed by atoms with Gasteiger partial charge in [-0.05, 0) is 20.1 Å². The molecule has 4 nitrogen and oxygen atoms in total. The van der Waals surface area contributed by atoms with E-state index in [1.54, 1.807) is 4.90 Å². The summed E-state index contributed by atoms with van der Waals surface area (Å²) in [7, 11) is 0. The zero-order valence-electron chi connectivity index (χ0n) is 8.82. The summed E-state index contributed by atoms with van der Waals surface area (Å²) in [6.45, 7) is 4.55. The number of carbonyl (C=O) groups excluding carboxylic acids is 1. The number of carboxylic acid groups (broad SMARTS) is 1. The van der Waals surface area contributed by atoms with Gasteiger partial charge in [0.2, 0.25) is 5.91 Å². The summed E-state index contributed by atoms with van der Waals surface area (Å²) in [4.78, 5) is 23.5.